The highest BCUT2D eigenvalue weighted by molar-refractivity contribution is 5.95. The van der Waals surface area contributed by atoms with Crippen LogP contribution in [0.5, 0.6) is 0 Å². The number of alkyl halides is 3. The number of halogens is 3. The van der Waals surface area contributed by atoms with E-state index in [0.717, 1.165) is 18.6 Å². The number of carbonyl (C=O) groups is 1. The van der Waals surface area contributed by atoms with Gasteiger partial charge in [0.25, 0.3) is 5.91 Å². The second-order valence-corrected chi connectivity index (χ2v) is 4.29. The van der Waals surface area contributed by atoms with Crippen molar-refractivity contribution in [1.82, 2.24) is 4.90 Å². The van der Waals surface area contributed by atoms with Crippen molar-refractivity contribution in [1.29, 1.82) is 0 Å². The average Bonchev–Trinajstić information content (AvgIpc) is 2.42. The molecule has 7 heteroatoms. The van der Waals surface area contributed by atoms with E-state index in [1.807, 2.05) is 12.3 Å². The molecular formula is C13H18F3N3O. The number of benzene rings is 1. The fourth-order valence-corrected chi connectivity index (χ4v) is 1.89. The zero-order valence-corrected chi connectivity index (χ0v) is 11.4. The Labute approximate surface area is 115 Å². The summed E-state index contributed by atoms with van der Waals surface area (Å²) >= 11 is 0. The van der Waals surface area contributed by atoms with Gasteiger partial charge >= 0.3 is 6.18 Å². The molecule has 1 amide bonds. The molecule has 112 valence electrons. The monoisotopic (exact) mass is 289 g/mol. The molecule has 0 fully saturated rings. The van der Waals surface area contributed by atoms with Crippen LogP contribution in [0.1, 0.15) is 36.2 Å². The molecule has 0 saturated heterocycles. The van der Waals surface area contributed by atoms with Crippen LogP contribution < -0.4 is 11.3 Å². The summed E-state index contributed by atoms with van der Waals surface area (Å²) < 4.78 is 38.7. The molecule has 0 aliphatic heterocycles. The van der Waals surface area contributed by atoms with Crippen molar-refractivity contribution in [3.8, 4) is 0 Å². The van der Waals surface area contributed by atoms with E-state index in [9.17, 15) is 18.0 Å². The zero-order valence-electron chi connectivity index (χ0n) is 11.4. The van der Waals surface area contributed by atoms with Crippen molar-refractivity contribution in [2.24, 2.45) is 5.84 Å². The molecule has 20 heavy (non-hydrogen) atoms. The predicted molar refractivity (Wildman–Crippen MR) is 71.1 cm³/mol. The van der Waals surface area contributed by atoms with Crippen LogP contribution >= 0.6 is 0 Å². The van der Waals surface area contributed by atoms with Gasteiger partial charge in [-0.2, -0.15) is 13.2 Å². The Balaban J connectivity index is 3.17. The van der Waals surface area contributed by atoms with Gasteiger partial charge < -0.3 is 10.3 Å². The van der Waals surface area contributed by atoms with Gasteiger partial charge in [-0.3, -0.25) is 10.6 Å². The van der Waals surface area contributed by atoms with Crippen molar-refractivity contribution in [3.05, 3.63) is 29.3 Å². The number of amides is 1. The number of hydrazine groups is 1. The molecule has 0 unspecified atom stereocenters. The van der Waals surface area contributed by atoms with Crippen molar-refractivity contribution >= 4 is 11.6 Å². The fraction of sp³-hybridized carbons (Fsp3) is 0.462. The van der Waals surface area contributed by atoms with Crippen molar-refractivity contribution in [2.45, 2.75) is 26.4 Å². The van der Waals surface area contributed by atoms with E-state index in [1.54, 1.807) is 6.92 Å². The molecule has 1 aromatic carbocycles. The third-order valence-corrected chi connectivity index (χ3v) is 2.89. The lowest BCUT2D eigenvalue weighted by molar-refractivity contribution is -0.137. The quantitative estimate of drug-likeness (QED) is 0.647. The number of anilines is 1. The summed E-state index contributed by atoms with van der Waals surface area (Å²) in [6, 6.07) is 3.33. The molecule has 1 rings (SSSR count). The van der Waals surface area contributed by atoms with Crippen molar-refractivity contribution < 1.29 is 18.0 Å². The minimum Gasteiger partial charge on any atom is -0.339 e. The third kappa shape index (κ3) is 3.63. The summed E-state index contributed by atoms with van der Waals surface area (Å²) in [7, 11) is 0. The molecule has 0 bridgehead atoms. The second kappa shape index (κ2) is 6.60. The summed E-state index contributed by atoms with van der Waals surface area (Å²) in [5.74, 6) is 4.65. The van der Waals surface area contributed by atoms with Crippen LogP contribution in [0.2, 0.25) is 0 Å². The highest BCUT2D eigenvalue weighted by Crippen LogP contribution is 2.35. The van der Waals surface area contributed by atoms with Gasteiger partial charge in [-0.05, 0) is 31.5 Å². The smallest absolute Gasteiger partial charge is 0.339 e. The Hall–Kier alpha value is -1.76. The topological polar surface area (TPSA) is 58.4 Å². The van der Waals surface area contributed by atoms with Crippen molar-refractivity contribution in [3.63, 3.8) is 0 Å². The minimum atomic E-state index is -4.57. The number of hydrogen-bond donors (Lipinski definition) is 2. The number of nitrogen functional groups attached to an aromatic ring is 1. The number of nitrogens with zero attached hydrogens (tertiary/aromatic N) is 1. The van der Waals surface area contributed by atoms with Crippen LogP contribution in [0.15, 0.2) is 18.2 Å². The first-order chi connectivity index (χ1) is 9.35. The Morgan fingerprint density at radius 3 is 2.45 bits per heavy atom. The van der Waals surface area contributed by atoms with Gasteiger partial charge in [0.1, 0.15) is 0 Å². The van der Waals surface area contributed by atoms with Crippen LogP contribution in [0.3, 0.4) is 0 Å². The Morgan fingerprint density at radius 2 is 2.00 bits per heavy atom. The third-order valence-electron chi connectivity index (χ3n) is 2.89. The van der Waals surface area contributed by atoms with Gasteiger partial charge in [0.05, 0.1) is 11.3 Å². The van der Waals surface area contributed by atoms with Crippen LogP contribution in [-0.2, 0) is 6.18 Å². The molecule has 0 aliphatic rings. The average molecular weight is 289 g/mol. The largest absolute Gasteiger partial charge is 0.418 e. The van der Waals surface area contributed by atoms with Crippen LogP contribution in [-0.4, -0.2) is 23.9 Å². The lowest BCUT2D eigenvalue weighted by Gasteiger charge is -2.21. The van der Waals surface area contributed by atoms with E-state index in [-0.39, 0.29) is 11.3 Å². The van der Waals surface area contributed by atoms with E-state index < -0.39 is 17.6 Å². The van der Waals surface area contributed by atoms with Gasteiger partial charge in [-0.25, -0.2) is 0 Å². The van der Waals surface area contributed by atoms with E-state index in [1.165, 1.54) is 11.0 Å². The first-order valence-corrected chi connectivity index (χ1v) is 6.32. The molecule has 0 aromatic heterocycles. The molecule has 4 nitrogen and oxygen atoms in total. The highest BCUT2D eigenvalue weighted by atomic mass is 19.4. The SMILES string of the molecule is CCCN(CC)C(=O)c1ccc(NN)c(C(F)(F)F)c1. The molecule has 0 heterocycles. The predicted octanol–water partition coefficient (Wildman–Crippen LogP) is 2.86. The Bertz CT molecular complexity index is 474. The van der Waals surface area contributed by atoms with Gasteiger partial charge in [0.15, 0.2) is 0 Å². The maximum Gasteiger partial charge on any atom is 0.418 e. The number of hydrogen-bond acceptors (Lipinski definition) is 3. The van der Waals surface area contributed by atoms with Crippen LogP contribution in [0, 0.1) is 0 Å². The molecule has 0 spiro atoms. The molecule has 1 aromatic rings. The normalized spacial score (nSPS) is 11.3. The van der Waals surface area contributed by atoms with E-state index in [4.69, 9.17) is 5.84 Å². The summed E-state index contributed by atoms with van der Waals surface area (Å²) in [6.45, 7) is 4.64. The summed E-state index contributed by atoms with van der Waals surface area (Å²) in [4.78, 5) is 13.7. The van der Waals surface area contributed by atoms with E-state index >= 15 is 0 Å². The first kappa shape index (κ1) is 16.3. The maximum absolute atomic E-state index is 12.9. The lowest BCUT2D eigenvalue weighted by atomic mass is 10.1. The van der Waals surface area contributed by atoms with E-state index in [2.05, 4.69) is 0 Å². The Kier molecular flexibility index (Phi) is 5.38. The number of nitrogens with one attached hydrogen (secondary N) is 1. The number of carbonyl (C=O) groups excluding carboxylic acids is 1. The van der Waals surface area contributed by atoms with Gasteiger partial charge in [-0.15, -0.1) is 0 Å². The van der Waals surface area contributed by atoms with Gasteiger partial charge in [0, 0.05) is 18.7 Å². The number of rotatable bonds is 5. The van der Waals surface area contributed by atoms with Crippen LogP contribution in [0.25, 0.3) is 0 Å². The maximum atomic E-state index is 12.9. The molecule has 0 atom stereocenters. The summed E-state index contributed by atoms with van der Waals surface area (Å²) in [5.41, 5.74) is 0.795. The van der Waals surface area contributed by atoms with Gasteiger partial charge in [0.2, 0.25) is 0 Å². The first-order valence-electron chi connectivity index (χ1n) is 6.32. The highest BCUT2D eigenvalue weighted by Gasteiger charge is 2.34. The molecule has 0 aliphatic carbocycles. The molecule has 0 radical (unpaired) electrons. The molecular weight excluding hydrogens is 271 g/mol. The Morgan fingerprint density at radius 1 is 1.35 bits per heavy atom. The second-order valence-electron chi connectivity index (χ2n) is 4.29. The van der Waals surface area contributed by atoms with Crippen LogP contribution in [0.4, 0.5) is 18.9 Å². The standard InChI is InChI=1S/C13H18F3N3O/c1-3-7-19(4-2)12(20)9-5-6-11(18-17)10(8-9)13(14,15)16/h5-6,8,18H,3-4,7,17H2,1-2H3. The summed E-state index contributed by atoms with van der Waals surface area (Å²) in [6.07, 6.45) is -3.83. The fourth-order valence-electron chi connectivity index (χ4n) is 1.89. The number of nitrogens with two attached hydrogens (primary N) is 1. The van der Waals surface area contributed by atoms with Crippen molar-refractivity contribution in [2.75, 3.05) is 18.5 Å². The lowest BCUT2D eigenvalue weighted by Crippen LogP contribution is -2.31. The molecule has 3 N–H and O–H groups in total. The zero-order chi connectivity index (χ0) is 15.3. The molecule has 0 saturated carbocycles. The van der Waals surface area contributed by atoms with E-state index in [0.29, 0.717) is 13.1 Å². The minimum absolute atomic E-state index is 0.00613. The van der Waals surface area contributed by atoms with Gasteiger partial charge in [-0.1, -0.05) is 6.92 Å². The summed E-state index contributed by atoms with van der Waals surface area (Å²) in [5, 5.41) is 0.